The van der Waals surface area contributed by atoms with Crippen molar-refractivity contribution >= 4 is 40.8 Å². The van der Waals surface area contributed by atoms with Gasteiger partial charge in [0.1, 0.15) is 5.82 Å². The van der Waals surface area contributed by atoms with Gasteiger partial charge in [0, 0.05) is 21.8 Å². The van der Waals surface area contributed by atoms with E-state index in [9.17, 15) is 4.79 Å². The first kappa shape index (κ1) is 15.7. The quantitative estimate of drug-likeness (QED) is 0.842. The van der Waals surface area contributed by atoms with Crippen LogP contribution >= 0.6 is 23.4 Å². The van der Waals surface area contributed by atoms with Crippen LogP contribution in [0, 0.1) is 6.92 Å². The van der Waals surface area contributed by atoms with Crippen LogP contribution in [-0.2, 0) is 4.79 Å². The summed E-state index contributed by atoms with van der Waals surface area (Å²) in [5.74, 6) is 0.377. The lowest BCUT2D eigenvalue weighted by atomic mass is 10.2. The molecule has 4 nitrogen and oxygen atoms in total. The summed E-state index contributed by atoms with van der Waals surface area (Å²) < 4.78 is 0. The Labute approximate surface area is 133 Å². The van der Waals surface area contributed by atoms with Crippen molar-refractivity contribution in [3.8, 4) is 0 Å². The molecule has 1 aromatic heterocycles. The summed E-state index contributed by atoms with van der Waals surface area (Å²) in [4.78, 5) is 17.1. The lowest BCUT2D eigenvalue weighted by molar-refractivity contribution is -0.115. The van der Waals surface area contributed by atoms with Crippen LogP contribution in [0.3, 0.4) is 0 Å². The molecule has 1 unspecified atom stereocenters. The Hall–Kier alpha value is -1.72. The molecule has 1 heterocycles. The van der Waals surface area contributed by atoms with Gasteiger partial charge in [0.05, 0.1) is 5.25 Å². The third-order valence-corrected chi connectivity index (χ3v) is 4.37. The topological polar surface area (TPSA) is 68.0 Å². The number of anilines is 2. The number of amides is 1. The van der Waals surface area contributed by atoms with Gasteiger partial charge in [-0.25, -0.2) is 4.98 Å². The first-order valence-corrected chi connectivity index (χ1v) is 7.66. The number of hydrogen-bond acceptors (Lipinski definition) is 4. The largest absolute Gasteiger partial charge is 0.384 e. The van der Waals surface area contributed by atoms with E-state index in [0.29, 0.717) is 16.5 Å². The van der Waals surface area contributed by atoms with Gasteiger partial charge in [-0.05, 0) is 43.7 Å². The average molecular weight is 322 g/mol. The molecule has 0 radical (unpaired) electrons. The second kappa shape index (κ2) is 6.83. The predicted molar refractivity (Wildman–Crippen MR) is 88.8 cm³/mol. The maximum atomic E-state index is 12.2. The summed E-state index contributed by atoms with van der Waals surface area (Å²) in [5.41, 5.74) is 7.20. The fraction of sp³-hybridized carbons (Fsp3) is 0.200. The summed E-state index contributed by atoms with van der Waals surface area (Å²) in [5, 5.41) is 3.23. The Morgan fingerprint density at radius 3 is 2.76 bits per heavy atom. The Bertz CT molecular complexity index is 646. The maximum Gasteiger partial charge on any atom is 0.237 e. The van der Waals surface area contributed by atoms with Crippen LogP contribution in [0.15, 0.2) is 41.4 Å². The summed E-state index contributed by atoms with van der Waals surface area (Å²) in [6, 6.07) is 9.02. The minimum atomic E-state index is -0.254. The number of nitrogens with one attached hydrogen (secondary N) is 1. The van der Waals surface area contributed by atoms with Crippen molar-refractivity contribution in [3.63, 3.8) is 0 Å². The predicted octanol–water partition coefficient (Wildman–Crippen LogP) is 3.74. The van der Waals surface area contributed by atoms with E-state index >= 15 is 0 Å². The zero-order valence-electron chi connectivity index (χ0n) is 11.8. The van der Waals surface area contributed by atoms with Crippen LogP contribution in [0.25, 0.3) is 0 Å². The average Bonchev–Trinajstić information content (AvgIpc) is 2.45. The highest BCUT2D eigenvalue weighted by Crippen LogP contribution is 2.25. The highest BCUT2D eigenvalue weighted by molar-refractivity contribution is 8.00. The minimum absolute atomic E-state index is 0.0863. The maximum absolute atomic E-state index is 12.2. The Morgan fingerprint density at radius 1 is 1.38 bits per heavy atom. The molecule has 0 saturated carbocycles. The molecule has 1 amide bonds. The van der Waals surface area contributed by atoms with Gasteiger partial charge in [0.2, 0.25) is 5.91 Å². The van der Waals surface area contributed by atoms with Crippen LogP contribution in [0.2, 0.25) is 5.02 Å². The van der Waals surface area contributed by atoms with E-state index in [1.54, 1.807) is 18.3 Å². The summed E-state index contributed by atoms with van der Waals surface area (Å²) in [6.07, 6.45) is 1.66. The fourth-order valence-electron chi connectivity index (χ4n) is 1.63. The van der Waals surface area contributed by atoms with E-state index in [0.717, 1.165) is 10.5 Å². The van der Waals surface area contributed by atoms with Crippen LogP contribution < -0.4 is 11.1 Å². The number of benzene rings is 1. The van der Waals surface area contributed by atoms with Gasteiger partial charge in [-0.1, -0.05) is 17.7 Å². The number of carbonyl (C=O) groups is 1. The molecule has 0 saturated heterocycles. The van der Waals surface area contributed by atoms with Gasteiger partial charge in [0.25, 0.3) is 0 Å². The van der Waals surface area contributed by atoms with Crippen molar-refractivity contribution < 1.29 is 4.79 Å². The third-order valence-electron chi connectivity index (χ3n) is 2.88. The lowest BCUT2D eigenvalue weighted by Crippen LogP contribution is -2.22. The second-order valence-electron chi connectivity index (χ2n) is 4.63. The molecule has 21 heavy (non-hydrogen) atoms. The molecule has 2 aromatic rings. The number of aryl methyl sites for hydroxylation is 1. The van der Waals surface area contributed by atoms with Crippen LogP contribution in [0.5, 0.6) is 0 Å². The molecule has 0 aliphatic rings. The number of rotatable bonds is 4. The number of nitrogens with zero attached hydrogens (tertiary/aromatic N) is 1. The van der Waals surface area contributed by atoms with Crippen LogP contribution in [0.4, 0.5) is 11.5 Å². The molecule has 110 valence electrons. The number of carbonyl (C=O) groups excluding carboxylic acids is 1. The van der Waals surface area contributed by atoms with Crippen molar-refractivity contribution in [2.75, 3.05) is 11.1 Å². The number of hydrogen-bond donors (Lipinski definition) is 2. The number of nitrogen functional groups attached to an aromatic ring is 1. The van der Waals surface area contributed by atoms with Gasteiger partial charge in [-0.15, -0.1) is 11.8 Å². The number of nitrogens with two attached hydrogens (primary N) is 1. The van der Waals surface area contributed by atoms with Crippen molar-refractivity contribution in [2.45, 2.75) is 24.0 Å². The van der Waals surface area contributed by atoms with E-state index in [-0.39, 0.29) is 11.2 Å². The Balaban J connectivity index is 1.98. The second-order valence-corrected chi connectivity index (χ2v) is 6.45. The zero-order chi connectivity index (χ0) is 15.4. The smallest absolute Gasteiger partial charge is 0.237 e. The summed E-state index contributed by atoms with van der Waals surface area (Å²) >= 11 is 7.47. The highest BCUT2D eigenvalue weighted by atomic mass is 35.5. The molecule has 6 heteroatoms. The van der Waals surface area contributed by atoms with E-state index in [1.807, 2.05) is 32.0 Å². The number of pyridine rings is 1. The molecule has 1 aromatic carbocycles. The Morgan fingerprint density at radius 2 is 2.14 bits per heavy atom. The van der Waals surface area contributed by atoms with Crippen molar-refractivity contribution in [2.24, 2.45) is 0 Å². The summed E-state index contributed by atoms with van der Waals surface area (Å²) in [6.45, 7) is 3.76. The monoisotopic (exact) mass is 321 g/mol. The van der Waals surface area contributed by atoms with E-state index in [2.05, 4.69) is 10.3 Å². The zero-order valence-corrected chi connectivity index (χ0v) is 13.3. The molecule has 0 fully saturated rings. The van der Waals surface area contributed by atoms with Crippen molar-refractivity contribution in [1.82, 2.24) is 4.98 Å². The normalized spacial score (nSPS) is 12.0. The van der Waals surface area contributed by atoms with Gasteiger partial charge in [-0.2, -0.15) is 0 Å². The molecular formula is C15H16ClN3OS. The highest BCUT2D eigenvalue weighted by Gasteiger charge is 2.15. The standard InChI is InChI=1S/C15H16ClN3OS/c1-9-3-4-11(7-13(9)16)19-15(20)10(2)21-12-5-6-14(17)18-8-12/h3-8,10H,1-2H3,(H2,17,18)(H,19,20). The first-order valence-electron chi connectivity index (χ1n) is 6.41. The summed E-state index contributed by atoms with van der Waals surface area (Å²) in [7, 11) is 0. The molecule has 0 aliphatic carbocycles. The van der Waals surface area contributed by atoms with E-state index in [1.165, 1.54) is 11.8 Å². The fourth-order valence-corrected chi connectivity index (χ4v) is 2.65. The van der Waals surface area contributed by atoms with Crippen molar-refractivity contribution in [3.05, 3.63) is 47.1 Å². The molecule has 0 aliphatic heterocycles. The van der Waals surface area contributed by atoms with Gasteiger partial charge < -0.3 is 11.1 Å². The lowest BCUT2D eigenvalue weighted by Gasteiger charge is -2.12. The van der Waals surface area contributed by atoms with Gasteiger partial charge in [-0.3, -0.25) is 4.79 Å². The number of aromatic nitrogens is 1. The molecule has 3 N–H and O–H groups in total. The first-order chi connectivity index (χ1) is 9.95. The molecule has 0 bridgehead atoms. The third kappa shape index (κ3) is 4.37. The molecule has 1 atom stereocenters. The number of thioether (sulfide) groups is 1. The van der Waals surface area contributed by atoms with Gasteiger partial charge in [0.15, 0.2) is 0 Å². The van der Waals surface area contributed by atoms with E-state index in [4.69, 9.17) is 17.3 Å². The molecule has 2 rings (SSSR count). The minimum Gasteiger partial charge on any atom is -0.384 e. The number of halogens is 1. The molecular weight excluding hydrogens is 306 g/mol. The van der Waals surface area contributed by atoms with Crippen LogP contribution in [0.1, 0.15) is 12.5 Å². The SMILES string of the molecule is Cc1ccc(NC(=O)C(C)Sc2ccc(N)nc2)cc1Cl. The van der Waals surface area contributed by atoms with Crippen LogP contribution in [-0.4, -0.2) is 16.1 Å². The van der Waals surface area contributed by atoms with Crippen molar-refractivity contribution in [1.29, 1.82) is 0 Å². The Kier molecular flexibility index (Phi) is 5.09. The molecule has 0 spiro atoms. The van der Waals surface area contributed by atoms with E-state index < -0.39 is 0 Å². The van der Waals surface area contributed by atoms with Gasteiger partial charge >= 0.3 is 0 Å².